The predicted octanol–water partition coefficient (Wildman–Crippen LogP) is 13.0. The molecule has 0 aliphatic carbocycles. The first-order valence-corrected chi connectivity index (χ1v) is 20.1. The first-order valence-electron chi connectivity index (χ1n) is 20.1. The predicted molar refractivity (Wildman–Crippen MR) is 214 cm³/mol. The Morgan fingerprint density at radius 2 is 0.900 bits per heavy atom. The molecule has 0 aromatic rings. The highest BCUT2D eigenvalue weighted by molar-refractivity contribution is 5.70. The largest absolute Gasteiger partial charge is 0.462 e. The minimum Gasteiger partial charge on any atom is -0.462 e. The summed E-state index contributed by atoms with van der Waals surface area (Å²) in [4.78, 5) is 24.9. The summed E-state index contributed by atoms with van der Waals surface area (Å²) in [7, 11) is 0. The molecule has 5 heteroatoms. The molecule has 0 bridgehead atoms. The van der Waals surface area contributed by atoms with Crippen molar-refractivity contribution in [3.63, 3.8) is 0 Å². The number of esters is 2. The van der Waals surface area contributed by atoms with Crippen LogP contribution in [-0.2, 0) is 23.8 Å². The maximum atomic E-state index is 12.5. The topological polar surface area (TPSA) is 61.8 Å². The van der Waals surface area contributed by atoms with Crippen LogP contribution in [0.25, 0.3) is 0 Å². The molecule has 50 heavy (non-hydrogen) atoms. The number of carbonyl (C=O) groups is 2. The first kappa shape index (κ1) is 47.1. The van der Waals surface area contributed by atoms with Gasteiger partial charge in [0.05, 0.1) is 6.61 Å². The maximum absolute atomic E-state index is 12.5. The minimum atomic E-state index is -0.562. The van der Waals surface area contributed by atoms with Crippen LogP contribution in [0.4, 0.5) is 0 Å². The molecule has 0 amide bonds. The van der Waals surface area contributed by atoms with Gasteiger partial charge in [-0.15, -0.1) is 0 Å². The van der Waals surface area contributed by atoms with Crippen molar-refractivity contribution >= 4 is 11.9 Å². The van der Waals surface area contributed by atoms with Crippen molar-refractivity contribution in [3.8, 4) is 0 Å². The Kier molecular flexibility index (Phi) is 38.1. The van der Waals surface area contributed by atoms with Crippen LogP contribution in [0, 0.1) is 0 Å². The number of hydrogen-bond acceptors (Lipinski definition) is 5. The fourth-order valence-electron chi connectivity index (χ4n) is 4.98. The standard InChI is InChI=1S/C45H74O5/c1-4-7-10-13-15-17-19-21-23-24-26-28-30-33-35-38-44(46)49-42-43(50-45(47)39-36-32-12-9-6-3)41-48-40-37-34-31-29-27-25-22-20-18-16-14-11-8-5-2/h7-8,10-11,15-18,21-23,25-26,28,43H,4-6,9,12-14,19-20,24,27,29-42H2,1-3H3/b10-7-,11-8-,17-15-,18-16-,23-21-,25-22-,28-26-. The molecule has 0 spiro atoms. The van der Waals surface area contributed by atoms with Crippen LogP contribution in [-0.4, -0.2) is 37.9 Å². The van der Waals surface area contributed by atoms with Crippen LogP contribution in [0.15, 0.2) is 85.1 Å². The number of rotatable bonds is 35. The summed E-state index contributed by atoms with van der Waals surface area (Å²) in [5.74, 6) is -0.481. The monoisotopic (exact) mass is 695 g/mol. The van der Waals surface area contributed by atoms with Gasteiger partial charge in [-0.2, -0.15) is 0 Å². The van der Waals surface area contributed by atoms with E-state index in [1.54, 1.807) is 0 Å². The van der Waals surface area contributed by atoms with E-state index in [-0.39, 0.29) is 25.2 Å². The molecule has 1 unspecified atom stereocenters. The fourth-order valence-corrected chi connectivity index (χ4v) is 4.98. The van der Waals surface area contributed by atoms with Gasteiger partial charge in [0.25, 0.3) is 0 Å². The zero-order valence-corrected chi connectivity index (χ0v) is 32.4. The molecule has 0 aliphatic rings. The van der Waals surface area contributed by atoms with Crippen molar-refractivity contribution in [1.29, 1.82) is 0 Å². The van der Waals surface area contributed by atoms with Gasteiger partial charge in [0.1, 0.15) is 6.61 Å². The molecule has 284 valence electrons. The van der Waals surface area contributed by atoms with Crippen LogP contribution in [0.2, 0.25) is 0 Å². The molecule has 0 aliphatic heterocycles. The Balaban J connectivity index is 4.24. The van der Waals surface area contributed by atoms with Gasteiger partial charge >= 0.3 is 11.9 Å². The average Bonchev–Trinajstić information content (AvgIpc) is 3.11. The van der Waals surface area contributed by atoms with E-state index in [0.717, 1.165) is 103 Å². The van der Waals surface area contributed by atoms with Gasteiger partial charge in [0.15, 0.2) is 6.10 Å². The van der Waals surface area contributed by atoms with Crippen molar-refractivity contribution in [3.05, 3.63) is 85.1 Å². The van der Waals surface area contributed by atoms with Gasteiger partial charge in [-0.3, -0.25) is 9.59 Å². The Labute approximate surface area is 308 Å². The lowest BCUT2D eigenvalue weighted by atomic mass is 10.1. The summed E-state index contributed by atoms with van der Waals surface area (Å²) < 4.78 is 17.1. The van der Waals surface area contributed by atoms with Crippen molar-refractivity contribution in [2.45, 2.75) is 168 Å². The Bertz CT molecular complexity index is 968. The fraction of sp³-hybridized carbons (Fsp3) is 0.644. The van der Waals surface area contributed by atoms with E-state index in [1.165, 1.54) is 25.7 Å². The summed E-state index contributed by atoms with van der Waals surface area (Å²) in [6.07, 6.45) is 51.8. The van der Waals surface area contributed by atoms with Crippen molar-refractivity contribution < 1.29 is 23.8 Å². The SMILES string of the molecule is CC/C=C\C/C=C\C/C=C\C/C=C\CCCCC(=O)OCC(COCCCCCC/C=C\C/C=C\C/C=C\CC)OC(=O)CCCCCCC. The van der Waals surface area contributed by atoms with Gasteiger partial charge in [-0.1, -0.05) is 144 Å². The van der Waals surface area contributed by atoms with E-state index in [0.29, 0.717) is 19.4 Å². The zero-order valence-electron chi connectivity index (χ0n) is 32.4. The molecular formula is C45H74O5. The number of hydrogen-bond donors (Lipinski definition) is 0. The molecule has 0 radical (unpaired) electrons. The van der Waals surface area contributed by atoms with Crippen LogP contribution < -0.4 is 0 Å². The molecule has 0 N–H and O–H groups in total. The highest BCUT2D eigenvalue weighted by atomic mass is 16.6. The minimum absolute atomic E-state index is 0.0498. The molecule has 0 saturated heterocycles. The van der Waals surface area contributed by atoms with Crippen LogP contribution in [0.3, 0.4) is 0 Å². The lowest BCUT2D eigenvalue weighted by Crippen LogP contribution is -2.30. The third kappa shape index (κ3) is 37.9. The molecule has 0 aromatic carbocycles. The molecule has 0 rings (SSSR count). The van der Waals surface area contributed by atoms with Gasteiger partial charge in [0.2, 0.25) is 0 Å². The Hall–Kier alpha value is -2.92. The molecule has 0 aromatic heterocycles. The molecule has 0 fully saturated rings. The molecule has 0 heterocycles. The lowest BCUT2D eigenvalue weighted by Gasteiger charge is -2.18. The lowest BCUT2D eigenvalue weighted by molar-refractivity contribution is -0.163. The number of unbranched alkanes of at least 4 members (excludes halogenated alkanes) is 10. The second-order valence-corrected chi connectivity index (χ2v) is 12.8. The quantitative estimate of drug-likeness (QED) is 0.0375. The Morgan fingerprint density at radius 3 is 1.46 bits per heavy atom. The van der Waals surface area contributed by atoms with E-state index >= 15 is 0 Å². The normalized spacial score (nSPS) is 13.1. The summed E-state index contributed by atoms with van der Waals surface area (Å²) in [5, 5.41) is 0. The van der Waals surface area contributed by atoms with E-state index in [2.05, 4.69) is 106 Å². The molecule has 5 nitrogen and oxygen atoms in total. The van der Waals surface area contributed by atoms with Gasteiger partial charge in [-0.25, -0.2) is 0 Å². The third-order valence-corrected chi connectivity index (χ3v) is 7.93. The van der Waals surface area contributed by atoms with Gasteiger partial charge in [0, 0.05) is 19.4 Å². The van der Waals surface area contributed by atoms with E-state index < -0.39 is 6.10 Å². The number of carbonyl (C=O) groups excluding carboxylic acids is 2. The number of allylic oxidation sites excluding steroid dienone is 14. The average molecular weight is 695 g/mol. The summed E-state index contributed by atoms with van der Waals surface area (Å²) in [5.41, 5.74) is 0. The molecule has 0 saturated carbocycles. The third-order valence-electron chi connectivity index (χ3n) is 7.93. The second kappa shape index (κ2) is 40.5. The highest BCUT2D eigenvalue weighted by Crippen LogP contribution is 2.10. The van der Waals surface area contributed by atoms with E-state index in [1.807, 2.05) is 0 Å². The molecular weight excluding hydrogens is 620 g/mol. The summed E-state index contributed by atoms with van der Waals surface area (Å²) in [6, 6.07) is 0. The zero-order chi connectivity index (χ0) is 36.4. The smallest absolute Gasteiger partial charge is 0.306 e. The van der Waals surface area contributed by atoms with Crippen molar-refractivity contribution in [1.82, 2.24) is 0 Å². The van der Waals surface area contributed by atoms with E-state index in [4.69, 9.17) is 14.2 Å². The van der Waals surface area contributed by atoms with Crippen molar-refractivity contribution in [2.75, 3.05) is 19.8 Å². The van der Waals surface area contributed by atoms with Gasteiger partial charge < -0.3 is 14.2 Å². The maximum Gasteiger partial charge on any atom is 0.306 e. The molecule has 1 atom stereocenters. The van der Waals surface area contributed by atoms with Crippen LogP contribution in [0.1, 0.15) is 162 Å². The first-order chi connectivity index (χ1) is 24.6. The van der Waals surface area contributed by atoms with Crippen LogP contribution in [0.5, 0.6) is 0 Å². The summed E-state index contributed by atoms with van der Waals surface area (Å²) >= 11 is 0. The summed E-state index contributed by atoms with van der Waals surface area (Å²) in [6.45, 7) is 7.40. The van der Waals surface area contributed by atoms with Crippen LogP contribution >= 0.6 is 0 Å². The van der Waals surface area contributed by atoms with Gasteiger partial charge in [-0.05, 0) is 89.9 Å². The number of ether oxygens (including phenoxy) is 3. The van der Waals surface area contributed by atoms with Crippen molar-refractivity contribution in [2.24, 2.45) is 0 Å². The Morgan fingerprint density at radius 1 is 0.460 bits per heavy atom. The van der Waals surface area contributed by atoms with E-state index in [9.17, 15) is 9.59 Å². The second-order valence-electron chi connectivity index (χ2n) is 12.8. The highest BCUT2D eigenvalue weighted by Gasteiger charge is 2.17.